The zero-order chi connectivity index (χ0) is 14.9. The molecule has 1 heterocycles. The lowest BCUT2D eigenvalue weighted by molar-refractivity contribution is -0.144. The summed E-state index contributed by atoms with van der Waals surface area (Å²) in [6, 6.07) is 2.06. The van der Waals surface area contributed by atoms with Crippen molar-refractivity contribution in [1.82, 2.24) is 4.90 Å². The minimum atomic E-state index is -0.927. The average Bonchev–Trinajstić information content (AvgIpc) is 2.86. The molecule has 0 radical (unpaired) electrons. The lowest BCUT2D eigenvalue weighted by Gasteiger charge is -2.17. The molecular weight excluding hydrogens is 336 g/mol. The summed E-state index contributed by atoms with van der Waals surface area (Å²) >= 11 is 2.95. The molecule has 0 aliphatic carbocycles. The standard InChI is InChI=1S/C13H12BrF2NO3/c1-20-13(19)7-2-3-17(6-7)12(18)11-9(15)4-8(14)5-10(11)16/h4-5,7H,2-3,6H2,1H3. The molecule has 0 spiro atoms. The average molecular weight is 348 g/mol. The second kappa shape index (κ2) is 5.87. The largest absolute Gasteiger partial charge is 0.469 e. The Morgan fingerprint density at radius 3 is 2.50 bits per heavy atom. The Kier molecular flexibility index (Phi) is 4.37. The van der Waals surface area contributed by atoms with Gasteiger partial charge in [0.1, 0.15) is 17.2 Å². The van der Waals surface area contributed by atoms with Crippen molar-refractivity contribution in [2.75, 3.05) is 20.2 Å². The second-order valence-corrected chi connectivity index (χ2v) is 5.42. The Bertz CT molecular complexity index is 542. The Labute approximate surface area is 122 Å². The van der Waals surface area contributed by atoms with Crippen LogP contribution in [0, 0.1) is 17.6 Å². The van der Waals surface area contributed by atoms with Crippen molar-refractivity contribution in [3.8, 4) is 0 Å². The Balaban J connectivity index is 2.20. The number of carbonyl (C=O) groups excluding carboxylic acids is 2. The topological polar surface area (TPSA) is 46.6 Å². The van der Waals surface area contributed by atoms with Crippen molar-refractivity contribution in [2.45, 2.75) is 6.42 Å². The third-order valence-corrected chi connectivity index (χ3v) is 3.69. The number of carbonyl (C=O) groups is 2. The predicted molar refractivity (Wildman–Crippen MR) is 70.1 cm³/mol. The first-order valence-electron chi connectivity index (χ1n) is 5.95. The van der Waals surface area contributed by atoms with Crippen molar-refractivity contribution >= 4 is 27.8 Å². The number of methoxy groups -OCH3 is 1. The fourth-order valence-electron chi connectivity index (χ4n) is 2.21. The van der Waals surface area contributed by atoms with Crippen LogP contribution in [0.3, 0.4) is 0 Å². The molecule has 1 fully saturated rings. The van der Waals surface area contributed by atoms with E-state index in [2.05, 4.69) is 20.7 Å². The van der Waals surface area contributed by atoms with Crippen LogP contribution < -0.4 is 0 Å². The number of rotatable bonds is 2. The highest BCUT2D eigenvalue weighted by molar-refractivity contribution is 9.10. The first-order chi connectivity index (χ1) is 9.43. The molecule has 1 unspecified atom stereocenters. The summed E-state index contributed by atoms with van der Waals surface area (Å²) in [6.45, 7) is 0.383. The third kappa shape index (κ3) is 2.82. The Morgan fingerprint density at radius 1 is 1.35 bits per heavy atom. The van der Waals surface area contributed by atoms with Gasteiger partial charge in [0, 0.05) is 17.6 Å². The molecule has 1 saturated heterocycles. The van der Waals surface area contributed by atoms with E-state index in [4.69, 9.17) is 0 Å². The van der Waals surface area contributed by atoms with Gasteiger partial charge < -0.3 is 9.64 Å². The van der Waals surface area contributed by atoms with Crippen LogP contribution in [0.2, 0.25) is 0 Å². The van der Waals surface area contributed by atoms with Crippen LogP contribution in [0.1, 0.15) is 16.8 Å². The number of hydrogen-bond donors (Lipinski definition) is 0. The SMILES string of the molecule is COC(=O)C1CCN(C(=O)c2c(F)cc(Br)cc2F)C1. The van der Waals surface area contributed by atoms with Crippen LogP contribution >= 0.6 is 15.9 Å². The molecule has 1 aliphatic rings. The fraction of sp³-hybridized carbons (Fsp3) is 0.385. The highest BCUT2D eigenvalue weighted by Gasteiger charge is 2.34. The molecule has 4 nitrogen and oxygen atoms in total. The first kappa shape index (κ1) is 14.9. The number of halogens is 3. The summed E-state index contributed by atoms with van der Waals surface area (Å²) in [5.74, 6) is -3.46. The molecule has 0 bridgehead atoms. The van der Waals surface area contributed by atoms with E-state index >= 15 is 0 Å². The molecule has 0 N–H and O–H groups in total. The summed E-state index contributed by atoms with van der Waals surface area (Å²) in [7, 11) is 1.26. The van der Waals surface area contributed by atoms with Crippen LogP contribution in [0.25, 0.3) is 0 Å². The first-order valence-corrected chi connectivity index (χ1v) is 6.75. The Morgan fingerprint density at radius 2 is 1.95 bits per heavy atom. The van der Waals surface area contributed by atoms with Gasteiger partial charge in [-0.3, -0.25) is 9.59 Å². The molecule has 0 saturated carbocycles. The van der Waals surface area contributed by atoms with Gasteiger partial charge in [0.25, 0.3) is 5.91 Å². The normalized spacial score (nSPS) is 18.2. The van der Waals surface area contributed by atoms with E-state index in [0.717, 1.165) is 12.1 Å². The van der Waals surface area contributed by atoms with E-state index in [-0.39, 0.29) is 17.6 Å². The van der Waals surface area contributed by atoms with Gasteiger partial charge in [-0.05, 0) is 18.6 Å². The van der Waals surface area contributed by atoms with E-state index in [1.165, 1.54) is 12.0 Å². The summed E-state index contributed by atoms with van der Waals surface area (Å²) in [6.07, 6.45) is 0.429. The third-order valence-electron chi connectivity index (χ3n) is 3.23. The van der Waals surface area contributed by atoms with E-state index < -0.39 is 35.0 Å². The van der Waals surface area contributed by atoms with Gasteiger partial charge in [0.2, 0.25) is 0 Å². The molecule has 1 aliphatic heterocycles. The number of nitrogens with zero attached hydrogens (tertiary/aromatic N) is 1. The molecule has 1 amide bonds. The molecule has 20 heavy (non-hydrogen) atoms. The molecule has 0 aromatic heterocycles. The van der Waals surface area contributed by atoms with Crippen LogP contribution in [0.4, 0.5) is 8.78 Å². The molecule has 1 aromatic carbocycles. The van der Waals surface area contributed by atoms with Crippen LogP contribution in [0.5, 0.6) is 0 Å². The molecule has 1 atom stereocenters. The maximum Gasteiger partial charge on any atom is 0.310 e. The monoisotopic (exact) mass is 347 g/mol. The van der Waals surface area contributed by atoms with Gasteiger partial charge in [-0.1, -0.05) is 15.9 Å². The number of amides is 1. The van der Waals surface area contributed by atoms with Crippen LogP contribution in [-0.2, 0) is 9.53 Å². The summed E-state index contributed by atoms with van der Waals surface area (Å²) in [5.41, 5.74) is -0.598. The van der Waals surface area contributed by atoms with Gasteiger partial charge >= 0.3 is 5.97 Å². The summed E-state index contributed by atoms with van der Waals surface area (Å²) in [5, 5.41) is 0. The highest BCUT2D eigenvalue weighted by atomic mass is 79.9. The lowest BCUT2D eigenvalue weighted by Crippen LogP contribution is -2.31. The van der Waals surface area contributed by atoms with E-state index in [1.807, 2.05) is 0 Å². The quantitative estimate of drug-likeness (QED) is 0.771. The second-order valence-electron chi connectivity index (χ2n) is 4.50. The lowest BCUT2D eigenvalue weighted by atomic mass is 10.1. The van der Waals surface area contributed by atoms with Crippen molar-refractivity contribution in [3.05, 3.63) is 33.8 Å². The highest BCUT2D eigenvalue weighted by Crippen LogP contribution is 2.24. The maximum absolute atomic E-state index is 13.7. The van der Waals surface area contributed by atoms with Gasteiger partial charge in [0.15, 0.2) is 0 Å². The molecule has 1 aromatic rings. The number of esters is 1. The van der Waals surface area contributed by atoms with Crippen molar-refractivity contribution in [3.63, 3.8) is 0 Å². The van der Waals surface area contributed by atoms with E-state index in [1.54, 1.807) is 0 Å². The van der Waals surface area contributed by atoms with Gasteiger partial charge in [-0.2, -0.15) is 0 Å². The number of likely N-dealkylation sites (tertiary alicyclic amines) is 1. The number of benzene rings is 1. The van der Waals surface area contributed by atoms with Gasteiger partial charge in [-0.25, -0.2) is 8.78 Å². The van der Waals surface area contributed by atoms with E-state index in [9.17, 15) is 18.4 Å². The van der Waals surface area contributed by atoms with Crippen molar-refractivity contribution in [1.29, 1.82) is 0 Å². The van der Waals surface area contributed by atoms with Crippen molar-refractivity contribution < 1.29 is 23.1 Å². The summed E-state index contributed by atoms with van der Waals surface area (Å²) in [4.78, 5) is 24.8. The van der Waals surface area contributed by atoms with Crippen LogP contribution in [0.15, 0.2) is 16.6 Å². The Hall–Kier alpha value is -1.50. The van der Waals surface area contributed by atoms with E-state index in [0.29, 0.717) is 6.42 Å². The minimum Gasteiger partial charge on any atom is -0.469 e. The minimum absolute atomic E-state index is 0.112. The maximum atomic E-state index is 13.7. The zero-order valence-corrected chi connectivity index (χ0v) is 12.2. The fourth-order valence-corrected chi connectivity index (χ4v) is 2.61. The molecule has 2 rings (SSSR count). The number of ether oxygens (including phenoxy) is 1. The van der Waals surface area contributed by atoms with Gasteiger partial charge in [0.05, 0.1) is 13.0 Å². The smallest absolute Gasteiger partial charge is 0.310 e. The molecular formula is C13H12BrF2NO3. The predicted octanol–water partition coefficient (Wildman–Crippen LogP) is 2.36. The van der Waals surface area contributed by atoms with Gasteiger partial charge in [-0.15, -0.1) is 0 Å². The molecule has 108 valence electrons. The van der Waals surface area contributed by atoms with Crippen molar-refractivity contribution in [2.24, 2.45) is 5.92 Å². The number of hydrogen-bond acceptors (Lipinski definition) is 3. The zero-order valence-electron chi connectivity index (χ0n) is 10.7. The van der Waals surface area contributed by atoms with Crippen LogP contribution in [-0.4, -0.2) is 37.0 Å². The molecule has 7 heteroatoms. The summed E-state index contributed by atoms with van der Waals surface area (Å²) < 4.78 is 32.3.